The molecule has 0 aromatic heterocycles. The van der Waals surface area contributed by atoms with Crippen LogP contribution < -0.4 is 10.1 Å². The summed E-state index contributed by atoms with van der Waals surface area (Å²) in [4.78, 5) is 21.8. The number of unbranched alkanes of at least 4 members (excludes halogenated alkanes) is 5. The van der Waals surface area contributed by atoms with E-state index in [1.165, 1.54) is 0 Å². The first-order chi connectivity index (χ1) is 10.8. The van der Waals surface area contributed by atoms with Crippen LogP contribution in [0.15, 0.2) is 24.3 Å². The molecular formula is C18H26NO3. The van der Waals surface area contributed by atoms with E-state index in [0.717, 1.165) is 50.0 Å². The zero-order valence-corrected chi connectivity index (χ0v) is 13.4. The molecule has 4 heteroatoms. The van der Waals surface area contributed by atoms with Gasteiger partial charge in [-0.25, -0.2) is 0 Å². The van der Waals surface area contributed by atoms with Gasteiger partial charge in [0.05, 0.1) is 6.61 Å². The molecule has 0 spiro atoms. The second-order valence-corrected chi connectivity index (χ2v) is 5.33. The minimum absolute atomic E-state index is 0.0640. The molecule has 1 N–H and O–H groups in total. The molecule has 0 fully saturated rings. The molecule has 1 aromatic carbocycles. The van der Waals surface area contributed by atoms with Crippen molar-refractivity contribution in [3.05, 3.63) is 24.3 Å². The number of anilines is 1. The Morgan fingerprint density at radius 2 is 1.86 bits per heavy atom. The number of benzene rings is 1. The van der Waals surface area contributed by atoms with Crippen molar-refractivity contribution in [2.24, 2.45) is 0 Å². The fraction of sp³-hybridized carbons (Fsp3) is 0.556. The average molecular weight is 304 g/mol. The van der Waals surface area contributed by atoms with Gasteiger partial charge in [0.2, 0.25) is 5.91 Å². The maximum atomic E-state index is 11.7. The fourth-order valence-corrected chi connectivity index (χ4v) is 2.06. The second kappa shape index (κ2) is 11.8. The second-order valence-electron chi connectivity index (χ2n) is 5.33. The SMILES string of the molecule is CCCCCC(=O)Nc1ccc(OCCCCC[C]=O)cc1. The van der Waals surface area contributed by atoms with Gasteiger partial charge < -0.3 is 10.1 Å². The highest BCUT2D eigenvalue weighted by Gasteiger charge is 2.02. The topological polar surface area (TPSA) is 55.4 Å². The maximum Gasteiger partial charge on any atom is 0.224 e. The predicted molar refractivity (Wildman–Crippen MR) is 88.9 cm³/mol. The van der Waals surface area contributed by atoms with Gasteiger partial charge in [-0.05, 0) is 49.9 Å². The lowest BCUT2D eigenvalue weighted by molar-refractivity contribution is -0.116. The van der Waals surface area contributed by atoms with Gasteiger partial charge in [0.15, 0.2) is 6.29 Å². The molecule has 22 heavy (non-hydrogen) atoms. The van der Waals surface area contributed by atoms with E-state index in [-0.39, 0.29) is 5.91 Å². The molecule has 1 amide bonds. The summed E-state index contributed by atoms with van der Waals surface area (Å²) in [7, 11) is 0. The summed E-state index contributed by atoms with van der Waals surface area (Å²) in [5.74, 6) is 0.861. The Bertz CT molecular complexity index is 428. The van der Waals surface area contributed by atoms with Crippen LogP contribution in [-0.4, -0.2) is 18.8 Å². The number of hydrogen-bond donors (Lipinski definition) is 1. The van der Waals surface area contributed by atoms with Gasteiger partial charge in [-0.1, -0.05) is 19.8 Å². The van der Waals surface area contributed by atoms with Crippen LogP contribution in [0.4, 0.5) is 5.69 Å². The normalized spacial score (nSPS) is 10.2. The van der Waals surface area contributed by atoms with Crippen LogP contribution in [0.3, 0.4) is 0 Å². The highest BCUT2D eigenvalue weighted by Crippen LogP contribution is 2.16. The fourth-order valence-electron chi connectivity index (χ4n) is 2.06. The van der Waals surface area contributed by atoms with Crippen LogP contribution in [-0.2, 0) is 9.59 Å². The maximum absolute atomic E-state index is 11.7. The van der Waals surface area contributed by atoms with Crippen molar-refractivity contribution in [3.63, 3.8) is 0 Å². The highest BCUT2D eigenvalue weighted by molar-refractivity contribution is 5.90. The number of hydrogen-bond acceptors (Lipinski definition) is 3. The van der Waals surface area contributed by atoms with Crippen molar-refractivity contribution in [2.75, 3.05) is 11.9 Å². The van der Waals surface area contributed by atoms with Gasteiger partial charge in [-0.15, -0.1) is 0 Å². The largest absolute Gasteiger partial charge is 0.494 e. The van der Waals surface area contributed by atoms with Crippen LogP contribution in [0.2, 0.25) is 0 Å². The van der Waals surface area contributed by atoms with E-state index in [0.29, 0.717) is 19.4 Å². The zero-order chi connectivity index (χ0) is 16.0. The monoisotopic (exact) mass is 304 g/mol. The third-order valence-corrected chi connectivity index (χ3v) is 3.34. The lowest BCUT2D eigenvalue weighted by atomic mass is 10.2. The Morgan fingerprint density at radius 3 is 2.55 bits per heavy atom. The molecule has 0 heterocycles. The van der Waals surface area contributed by atoms with E-state index in [4.69, 9.17) is 4.74 Å². The number of rotatable bonds is 12. The molecule has 1 radical (unpaired) electrons. The smallest absolute Gasteiger partial charge is 0.224 e. The van der Waals surface area contributed by atoms with Gasteiger partial charge in [0.1, 0.15) is 5.75 Å². The minimum atomic E-state index is 0.0640. The van der Waals surface area contributed by atoms with E-state index in [9.17, 15) is 9.59 Å². The Labute approximate surface area is 133 Å². The van der Waals surface area contributed by atoms with Gasteiger partial charge in [0, 0.05) is 18.5 Å². The number of nitrogens with one attached hydrogen (secondary N) is 1. The number of carbonyl (C=O) groups is 1. The Balaban J connectivity index is 2.22. The third-order valence-electron chi connectivity index (χ3n) is 3.34. The number of carbonyl (C=O) groups excluding carboxylic acids is 2. The Hall–Kier alpha value is -1.84. The molecule has 4 nitrogen and oxygen atoms in total. The van der Waals surface area contributed by atoms with Crippen molar-refractivity contribution >= 4 is 17.9 Å². The quantitative estimate of drug-likeness (QED) is 0.587. The Kier molecular flexibility index (Phi) is 9.75. The first-order valence-electron chi connectivity index (χ1n) is 8.14. The van der Waals surface area contributed by atoms with Crippen LogP contribution >= 0.6 is 0 Å². The van der Waals surface area contributed by atoms with Gasteiger partial charge in [-0.3, -0.25) is 9.59 Å². The van der Waals surface area contributed by atoms with E-state index in [2.05, 4.69) is 12.2 Å². The molecule has 121 valence electrons. The van der Waals surface area contributed by atoms with Crippen LogP contribution in [0.25, 0.3) is 0 Å². The molecule has 0 unspecified atom stereocenters. The van der Waals surface area contributed by atoms with Crippen molar-refractivity contribution < 1.29 is 14.3 Å². The van der Waals surface area contributed by atoms with Crippen LogP contribution in [0.1, 0.15) is 58.3 Å². The molecule has 0 bridgehead atoms. The Morgan fingerprint density at radius 1 is 1.09 bits per heavy atom. The third kappa shape index (κ3) is 8.45. The lowest BCUT2D eigenvalue weighted by Crippen LogP contribution is -2.10. The lowest BCUT2D eigenvalue weighted by Gasteiger charge is -2.08. The molecule has 1 rings (SSSR count). The zero-order valence-electron chi connectivity index (χ0n) is 13.4. The van der Waals surface area contributed by atoms with Gasteiger partial charge in [-0.2, -0.15) is 0 Å². The summed E-state index contributed by atoms with van der Waals surface area (Å²) < 4.78 is 5.61. The van der Waals surface area contributed by atoms with E-state index in [1.54, 1.807) is 0 Å². The van der Waals surface area contributed by atoms with Crippen LogP contribution in [0.5, 0.6) is 5.75 Å². The molecule has 0 aliphatic carbocycles. The van der Waals surface area contributed by atoms with Crippen molar-refractivity contribution in [3.8, 4) is 5.75 Å². The van der Waals surface area contributed by atoms with Crippen molar-refractivity contribution in [1.82, 2.24) is 0 Å². The minimum Gasteiger partial charge on any atom is -0.494 e. The summed E-state index contributed by atoms with van der Waals surface area (Å²) in [6.45, 7) is 2.76. The summed E-state index contributed by atoms with van der Waals surface area (Å²) in [6, 6.07) is 7.44. The summed E-state index contributed by atoms with van der Waals surface area (Å²) >= 11 is 0. The average Bonchev–Trinajstić information content (AvgIpc) is 2.52. The van der Waals surface area contributed by atoms with Crippen molar-refractivity contribution in [2.45, 2.75) is 58.3 Å². The number of amides is 1. The first-order valence-corrected chi connectivity index (χ1v) is 8.14. The standard InChI is InChI=1S/C18H26NO3/c1-2-3-6-9-18(21)19-16-10-12-17(13-11-16)22-15-8-5-4-7-14-20/h10-13H,2-9,15H2,1H3,(H,19,21). The number of ether oxygens (including phenoxy) is 1. The highest BCUT2D eigenvalue weighted by atomic mass is 16.5. The molecule has 1 aromatic rings. The van der Waals surface area contributed by atoms with Gasteiger partial charge >= 0.3 is 0 Å². The molecule has 0 saturated heterocycles. The van der Waals surface area contributed by atoms with Crippen molar-refractivity contribution in [1.29, 1.82) is 0 Å². The first kappa shape index (κ1) is 18.2. The molecular weight excluding hydrogens is 278 g/mol. The summed E-state index contributed by atoms with van der Waals surface area (Å²) in [6.07, 6.45) is 8.88. The van der Waals surface area contributed by atoms with Crippen LogP contribution in [0, 0.1) is 0 Å². The predicted octanol–water partition coefficient (Wildman–Crippen LogP) is 4.25. The summed E-state index contributed by atoms with van der Waals surface area (Å²) in [5.41, 5.74) is 0.801. The molecule has 0 saturated carbocycles. The molecule has 0 atom stereocenters. The molecule has 0 aliphatic heterocycles. The van der Waals surface area contributed by atoms with E-state index < -0.39 is 0 Å². The van der Waals surface area contributed by atoms with E-state index >= 15 is 0 Å². The molecule has 0 aliphatic rings. The van der Waals surface area contributed by atoms with E-state index in [1.807, 2.05) is 30.6 Å². The van der Waals surface area contributed by atoms with Gasteiger partial charge in [0.25, 0.3) is 0 Å². The summed E-state index contributed by atoms with van der Waals surface area (Å²) in [5, 5.41) is 2.89.